The fourth-order valence-corrected chi connectivity index (χ4v) is 0.956. The average Bonchev–Trinajstić information content (AvgIpc) is 2.21. The van der Waals surface area contributed by atoms with Crippen LogP contribution in [0.5, 0.6) is 0 Å². The molecule has 1 heteroatoms. The van der Waals surface area contributed by atoms with Crippen molar-refractivity contribution in [2.45, 2.75) is 0 Å². The first-order valence-electron chi connectivity index (χ1n) is 4.53. The van der Waals surface area contributed by atoms with Crippen molar-refractivity contribution >= 4 is 10.1 Å². The van der Waals surface area contributed by atoms with E-state index in [1.165, 1.54) is 0 Å². The van der Waals surface area contributed by atoms with Gasteiger partial charge in [-0.1, -0.05) is 12.1 Å². The molecule has 0 aliphatic carbocycles. The van der Waals surface area contributed by atoms with Gasteiger partial charge in [0.1, 0.15) is 0 Å². The Morgan fingerprint density at radius 1 is 0.533 bits per heavy atom. The van der Waals surface area contributed by atoms with Gasteiger partial charge in [0.05, 0.1) is 0 Å². The van der Waals surface area contributed by atoms with Gasteiger partial charge in [-0.15, -0.1) is 24.3 Å². The third-order valence-electron chi connectivity index (χ3n) is 1.69. The zero-order valence-corrected chi connectivity index (χ0v) is 8.89. The van der Waals surface area contributed by atoms with Crippen LogP contribution < -0.4 is 0 Å². The summed E-state index contributed by atoms with van der Waals surface area (Å²) < 4.78 is 0. The molecule has 0 saturated carbocycles. The predicted molar refractivity (Wildman–Crippen MR) is 67.6 cm³/mol. The average molecular weight is 191 g/mol. The summed E-state index contributed by atoms with van der Waals surface area (Å²) in [5.41, 5.74) is 2.14. The SMILES string of the molecule is [Be+2].[CH2-]c1ccccc1.[CH2-]c1ccccc1. The summed E-state index contributed by atoms with van der Waals surface area (Å²) >= 11 is 0. The van der Waals surface area contributed by atoms with Gasteiger partial charge in [0.2, 0.25) is 0 Å². The van der Waals surface area contributed by atoms with Crippen LogP contribution in [-0.4, -0.2) is 10.1 Å². The number of hydrogen-bond donors (Lipinski definition) is 0. The van der Waals surface area contributed by atoms with Crippen LogP contribution in [0.1, 0.15) is 11.1 Å². The Morgan fingerprint density at radius 2 is 0.800 bits per heavy atom. The Kier molecular flexibility index (Phi) is 6.87. The monoisotopic (exact) mass is 191 g/mol. The van der Waals surface area contributed by atoms with Crippen molar-refractivity contribution in [2.75, 3.05) is 0 Å². The summed E-state index contributed by atoms with van der Waals surface area (Å²) in [6, 6.07) is 19.7. The molecule has 2 rings (SSSR count). The van der Waals surface area contributed by atoms with Gasteiger partial charge in [0.25, 0.3) is 0 Å². The molecule has 0 heterocycles. The van der Waals surface area contributed by atoms with Crippen molar-refractivity contribution in [1.82, 2.24) is 0 Å². The van der Waals surface area contributed by atoms with Crippen LogP contribution in [0.2, 0.25) is 0 Å². The van der Waals surface area contributed by atoms with Crippen LogP contribution >= 0.6 is 0 Å². The molecule has 0 aliphatic heterocycles. The van der Waals surface area contributed by atoms with Crippen LogP contribution in [0.4, 0.5) is 0 Å². The Hall–Kier alpha value is -1.65. The van der Waals surface area contributed by atoms with Gasteiger partial charge < -0.3 is 0 Å². The fourth-order valence-electron chi connectivity index (χ4n) is 0.956. The summed E-state index contributed by atoms with van der Waals surface area (Å²) in [5.74, 6) is 0. The second-order valence-corrected chi connectivity index (χ2v) is 2.97. The third kappa shape index (κ3) is 6.42. The van der Waals surface area contributed by atoms with Crippen molar-refractivity contribution in [3.63, 3.8) is 0 Å². The molecule has 15 heavy (non-hydrogen) atoms. The quantitative estimate of drug-likeness (QED) is 0.442. The van der Waals surface area contributed by atoms with Crippen LogP contribution in [0, 0.1) is 13.8 Å². The van der Waals surface area contributed by atoms with E-state index in [9.17, 15) is 0 Å². The van der Waals surface area contributed by atoms with E-state index in [4.69, 9.17) is 0 Å². The second kappa shape index (κ2) is 7.72. The van der Waals surface area contributed by atoms with Crippen molar-refractivity contribution in [3.8, 4) is 0 Å². The molecule has 0 fully saturated rings. The molecular weight excluding hydrogens is 177 g/mol. The Bertz CT molecular complexity index is 303. The van der Waals surface area contributed by atoms with E-state index >= 15 is 0 Å². The topological polar surface area (TPSA) is 0 Å². The molecule has 0 amide bonds. The van der Waals surface area contributed by atoms with Gasteiger partial charge in [-0.2, -0.15) is 49.2 Å². The van der Waals surface area contributed by atoms with Crippen LogP contribution in [0.15, 0.2) is 60.7 Å². The van der Waals surface area contributed by atoms with E-state index < -0.39 is 0 Å². The molecular formula is C14H14Be. The van der Waals surface area contributed by atoms with Crippen molar-refractivity contribution in [2.24, 2.45) is 0 Å². The van der Waals surface area contributed by atoms with Crippen molar-refractivity contribution < 1.29 is 0 Å². The molecule has 0 bridgehead atoms. The number of benzene rings is 2. The maximum absolute atomic E-state index is 3.72. The molecule has 0 aliphatic rings. The van der Waals surface area contributed by atoms with E-state index in [0.717, 1.165) is 11.1 Å². The molecule has 2 aromatic carbocycles. The van der Waals surface area contributed by atoms with E-state index in [0.29, 0.717) is 0 Å². The molecule has 72 valence electrons. The van der Waals surface area contributed by atoms with E-state index in [1.54, 1.807) is 0 Å². The van der Waals surface area contributed by atoms with Gasteiger partial charge in [0, 0.05) is 0 Å². The molecule has 2 aromatic rings. The molecule has 0 spiro atoms. The van der Waals surface area contributed by atoms with Crippen molar-refractivity contribution in [1.29, 1.82) is 0 Å². The first-order valence-corrected chi connectivity index (χ1v) is 4.53. The molecule has 0 unspecified atom stereocenters. The number of rotatable bonds is 0. The minimum absolute atomic E-state index is 0. The van der Waals surface area contributed by atoms with E-state index in [1.807, 2.05) is 60.7 Å². The Morgan fingerprint density at radius 3 is 0.933 bits per heavy atom. The maximum Gasteiger partial charge on any atom is 2.00 e. The van der Waals surface area contributed by atoms with Gasteiger partial charge in [0.15, 0.2) is 0 Å². The summed E-state index contributed by atoms with van der Waals surface area (Å²) in [4.78, 5) is 0. The third-order valence-corrected chi connectivity index (χ3v) is 1.69. The molecule has 0 radical (unpaired) electrons. The largest absolute Gasteiger partial charge is 2.00 e. The van der Waals surface area contributed by atoms with Gasteiger partial charge in [-0.3, -0.25) is 0 Å². The maximum atomic E-state index is 3.72. The summed E-state index contributed by atoms with van der Waals surface area (Å²) in [6.45, 7) is 7.44. The molecule has 0 N–H and O–H groups in total. The van der Waals surface area contributed by atoms with Gasteiger partial charge in [-0.05, 0) is 0 Å². The second-order valence-electron chi connectivity index (χ2n) is 2.97. The molecule has 0 nitrogen and oxygen atoms in total. The van der Waals surface area contributed by atoms with Crippen molar-refractivity contribution in [3.05, 3.63) is 85.6 Å². The standard InChI is InChI=1S/2C7H7.Be/c2*1-7-5-3-2-4-6-7;/h2*2-6H,1H2;/q2*-1;+2. The summed E-state index contributed by atoms with van der Waals surface area (Å²) in [7, 11) is 0. The fraction of sp³-hybridized carbons (Fsp3) is 0. The Labute approximate surface area is 96.2 Å². The molecule has 0 atom stereocenters. The first-order chi connectivity index (χ1) is 6.79. The smallest absolute Gasteiger partial charge is 0.199 e. The summed E-state index contributed by atoms with van der Waals surface area (Å²) in [5, 5.41) is 0. The normalized spacial score (nSPS) is 8.00. The molecule has 0 saturated heterocycles. The number of hydrogen-bond acceptors (Lipinski definition) is 0. The van der Waals surface area contributed by atoms with E-state index in [2.05, 4.69) is 13.8 Å². The minimum Gasteiger partial charge on any atom is -0.199 e. The van der Waals surface area contributed by atoms with Gasteiger partial charge >= 0.3 is 10.1 Å². The van der Waals surface area contributed by atoms with Crippen LogP contribution in [-0.2, 0) is 0 Å². The first kappa shape index (κ1) is 13.3. The van der Waals surface area contributed by atoms with Crippen LogP contribution in [0.3, 0.4) is 0 Å². The minimum atomic E-state index is 0. The van der Waals surface area contributed by atoms with Gasteiger partial charge in [-0.25, -0.2) is 0 Å². The Balaban J connectivity index is 0.000000245. The van der Waals surface area contributed by atoms with E-state index in [-0.39, 0.29) is 10.1 Å². The molecule has 0 aromatic heterocycles. The zero-order chi connectivity index (χ0) is 10.2. The zero-order valence-electron chi connectivity index (χ0n) is 8.89. The predicted octanol–water partition coefficient (Wildman–Crippen LogP) is 3.36. The summed E-state index contributed by atoms with van der Waals surface area (Å²) in [6.07, 6.45) is 0. The van der Waals surface area contributed by atoms with Crippen LogP contribution in [0.25, 0.3) is 0 Å².